The van der Waals surface area contributed by atoms with Gasteiger partial charge in [0.1, 0.15) is 11.6 Å². The van der Waals surface area contributed by atoms with Crippen molar-refractivity contribution in [1.82, 2.24) is 14.9 Å². The first-order chi connectivity index (χ1) is 19.6. The predicted molar refractivity (Wildman–Crippen MR) is 167 cm³/mol. The molecule has 3 aromatic rings. The van der Waals surface area contributed by atoms with Gasteiger partial charge in [-0.2, -0.15) is 0 Å². The summed E-state index contributed by atoms with van der Waals surface area (Å²) in [5.74, 6) is 1.09. The number of carbonyl (C=O) groups is 1. The predicted octanol–water partition coefficient (Wildman–Crippen LogP) is 5.62. The van der Waals surface area contributed by atoms with Crippen molar-refractivity contribution < 1.29 is 9.53 Å². The quantitative estimate of drug-likeness (QED) is 0.329. The highest BCUT2D eigenvalue weighted by atomic mass is 16.5. The first kappa shape index (κ1) is 28.4. The van der Waals surface area contributed by atoms with Crippen molar-refractivity contribution in [3.63, 3.8) is 0 Å². The van der Waals surface area contributed by atoms with Crippen LogP contribution in [0.15, 0.2) is 55.3 Å². The van der Waals surface area contributed by atoms with E-state index in [2.05, 4.69) is 77.0 Å². The second kappa shape index (κ2) is 11.4. The zero-order valence-electron chi connectivity index (χ0n) is 25.0. The van der Waals surface area contributed by atoms with Gasteiger partial charge in [0.05, 0.1) is 35.6 Å². The normalized spacial score (nSPS) is 17.5. The Balaban J connectivity index is 1.49. The molecule has 2 aliphatic rings. The van der Waals surface area contributed by atoms with Crippen molar-refractivity contribution in [2.45, 2.75) is 45.1 Å². The molecule has 2 N–H and O–H groups in total. The van der Waals surface area contributed by atoms with E-state index in [1.54, 1.807) is 7.11 Å². The summed E-state index contributed by atoms with van der Waals surface area (Å²) in [4.78, 5) is 28.8. The van der Waals surface area contributed by atoms with Gasteiger partial charge in [-0.25, -0.2) is 4.98 Å². The Labute approximate surface area is 243 Å². The number of benzene rings is 1. The molecule has 0 unspecified atom stereocenters. The largest absolute Gasteiger partial charge is 0.494 e. The lowest BCUT2D eigenvalue weighted by molar-refractivity contribution is -0.111. The highest BCUT2D eigenvalue weighted by Crippen LogP contribution is 2.44. The number of likely N-dealkylation sites (N-methyl/N-ethyl adjacent to an activating group) is 1. The third-order valence-electron chi connectivity index (χ3n) is 7.84. The second-order valence-corrected chi connectivity index (χ2v) is 11.8. The van der Waals surface area contributed by atoms with Crippen LogP contribution in [0.2, 0.25) is 0 Å². The van der Waals surface area contributed by atoms with Crippen LogP contribution in [0.3, 0.4) is 0 Å². The molecule has 216 valence electrons. The lowest BCUT2D eigenvalue weighted by Gasteiger charge is -2.31. The topological polar surface area (TPSA) is 85.9 Å². The number of rotatable bonds is 9. The maximum Gasteiger partial charge on any atom is 0.247 e. The van der Waals surface area contributed by atoms with Crippen molar-refractivity contribution in [3.8, 4) is 5.75 Å². The molecule has 1 saturated heterocycles. The molecule has 1 atom stereocenters. The molecule has 2 aromatic heterocycles. The van der Waals surface area contributed by atoms with Gasteiger partial charge < -0.3 is 30.1 Å². The first-order valence-corrected chi connectivity index (χ1v) is 14.1. The lowest BCUT2D eigenvalue weighted by Crippen LogP contribution is -2.38. The molecule has 0 spiro atoms. The standard InChI is InChI=1S/C32H41N7O2/c1-8-30(40)36-24-17-25(28(41-7)18-27(24)38-15-9-10-23(38)19-37(5)6)35-29-16-22(13-14-33-29)39-20-32(3,4)31-26(39)12-11-21(2)34-31/h8,11-14,16-18,23H,1,9-10,15,19-20H2,2-7H3,(H,33,35)(H,36,40)/t23-/m1/s1. The van der Waals surface area contributed by atoms with Gasteiger partial charge in [-0.3, -0.25) is 9.78 Å². The number of nitrogens with zero attached hydrogens (tertiary/aromatic N) is 5. The molecule has 41 heavy (non-hydrogen) atoms. The summed E-state index contributed by atoms with van der Waals surface area (Å²) < 4.78 is 5.86. The van der Waals surface area contributed by atoms with E-state index in [-0.39, 0.29) is 11.3 Å². The Morgan fingerprint density at radius 2 is 2.00 bits per heavy atom. The van der Waals surface area contributed by atoms with Gasteiger partial charge in [-0.05, 0) is 64.2 Å². The van der Waals surface area contributed by atoms with Crippen LogP contribution in [-0.2, 0) is 10.2 Å². The average molecular weight is 556 g/mol. The van der Waals surface area contributed by atoms with Crippen LogP contribution in [0.1, 0.15) is 38.1 Å². The highest BCUT2D eigenvalue weighted by molar-refractivity contribution is 6.02. The number of ether oxygens (including phenoxy) is 1. The van der Waals surface area contributed by atoms with Gasteiger partial charge in [0.15, 0.2) is 0 Å². The molecule has 0 aliphatic carbocycles. The second-order valence-electron chi connectivity index (χ2n) is 11.8. The Hall–Kier alpha value is -4.11. The number of pyridine rings is 2. The van der Waals surface area contributed by atoms with Crippen LogP contribution in [0, 0.1) is 6.92 Å². The maximum absolute atomic E-state index is 12.5. The van der Waals surface area contributed by atoms with E-state index in [9.17, 15) is 4.79 Å². The molecule has 1 aromatic carbocycles. The molecule has 2 aliphatic heterocycles. The van der Waals surface area contributed by atoms with E-state index in [0.717, 1.165) is 60.9 Å². The molecule has 9 heteroatoms. The zero-order chi connectivity index (χ0) is 29.3. The van der Waals surface area contributed by atoms with Gasteiger partial charge in [0.25, 0.3) is 0 Å². The fourth-order valence-corrected chi connectivity index (χ4v) is 5.97. The van der Waals surface area contributed by atoms with E-state index in [0.29, 0.717) is 29.0 Å². The number of hydrogen-bond donors (Lipinski definition) is 2. The van der Waals surface area contributed by atoms with Crippen molar-refractivity contribution in [1.29, 1.82) is 0 Å². The summed E-state index contributed by atoms with van der Waals surface area (Å²) in [5, 5.41) is 6.48. The minimum Gasteiger partial charge on any atom is -0.494 e. The molecular formula is C32H41N7O2. The lowest BCUT2D eigenvalue weighted by atomic mass is 9.91. The number of anilines is 6. The number of fused-ring (bicyclic) bond motifs is 1. The molecule has 1 fully saturated rings. The Kier molecular flexibility index (Phi) is 7.91. The van der Waals surface area contributed by atoms with Crippen LogP contribution < -0.4 is 25.2 Å². The van der Waals surface area contributed by atoms with Crippen molar-refractivity contribution >= 4 is 40.2 Å². The van der Waals surface area contributed by atoms with Crippen LogP contribution in [-0.4, -0.2) is 67.7 Å². The minimum atomic E-state index is -0.259. The maximum atomic E-state index is 12.5. The number of nitrogens with one attached hydrogen (secondary N) is 2. The molecule has 5 rings (SSSR count). The van der Waals surface area contributed by atoms with Crippen LogP contribution in [0.25, 0.3) is 0 Å². The molecule has 4 heterocycles. The van der Waals surface area contributed by atoms with E-state index in [1.807, 2.05) is 37.4 Å². The van der Waals surface area contributed by atoms with E-state index >= 15 is 0 Å². The summed E-state index contributed by atoms with van der Waals surface area (Å²) in [5.41, 5.74) is 6.56. The molecule has 0 saturated carbocycles. The van der Waals surface area contributed by atoms with Crippen molar-refractivity contribution in [3.05, 3.63) is 66.6 Å². The van der Waals surface area contributed by atoms with Gasteiger partial charge >= 0.3 is 0 Å². The zero-order valence-corrected chi connectivity index (χ0v) is 25.0. The average Bonchev–Trinajstić information content (AvgIpc) is 3.49. The third kappa shape index (κ3) is 5.86. The third-order valence-corrected chi connectivity index (χ3v) is 7.84. The van der Waals surface area contributed by atoms with Crippen LogP contribution >= 0.6 is 0 Å². The smallest absolute Gasteiger partial charge is 0.247 e. The summed E-state index contributed by atoms with van der Waals surface area (Å²) in [6, 6.07) is 12.5. The Bertz CT molecular complexity index is 1450. The summed E-state index contributed by atoms with van der Waals surface area (Å²) in [7, 11) is 5.84. The van der Waals surface area contributed by atoms with Gasteiger partial charge in [0.2, 0.25) is 5.91 Å². The fourth-order valence-electron chi connectivity index (χ4n) is 5.97. The monoisotopic (exact) mass is 555 g/mol. The Morgan fingerprint density at radius 1 is 1.20 bits per heavy atom. The Morgan fingerprint density at radius 3 is 2.73 bits per heavy atom. The number of hydrogen-bond acceptors (Lipinski definition) is 8. The fraction of sp³-hybridized carbons (Fsp3) is 0.406. The summed E-state index contributed by atoms with van der Waals surface area (Å²) in [6.07, 6.45) is 5.29. The number of aryl methyl sites for hydroxylation is 1. The number of carbonyl (C=O) groups excluding carboxylic acids is 1. The van der Waals surface area contributed by atoms with E-state index < -0.39 is 0 Å². The molecular weight excluding hydrogens is 514 g/mol. The van der Waals surface area contributed by atoms with Crippen molar-refractivity contribution in [2.24, 2.45) is 0 Å². The molecule has 0 radical (unpaired) electrons. The molecule has 9 nitrogen and oxygen atoms in total. The van der Waals surface area contributed by atoms with E-state index in [4.69, 9.17) is 9.72 Å². The van der Waals surface area contributed by atoms with Gasteiger partial charge in [-0.1, -0.05) is 20.4 Å². The van der Waals surface area contributed by atoms with Crippen molar-refractivity contribution in [2.75, 3.05) is 61.3 Å². The van der Waals surface area contributed by atoms with E-state index in [1.165, 1.54) is 6.08 Å². The number of amides is 1. The van der Waals surface area contributed by atoms with Gasteiger partial charge in [0, 0.05) is 60.8 Å². The minimum absolute atomic E-state index is 0.0739. The SMILES string of the molecule is C=CC(=O)Nc1cc(Nc2cc(N3CC(C)(C)c4nc(C)ccc43)ccn2)c(OC)cc1N1CCC[C@@H]1CN(C)C. The van der Waals surface area contributed by atoms with Gasteiger partial charge in [-0.15, -0.1) is 0 Å². The summed E-state index contributed by atoms with van der Waals surface area (Å²) in [6.45, 7) is 12.8. The first-order valence-electron chi connectivity index (χ1n) is 14.1. The molecule has 1 amide bonds. The van der Waals surface area contributed by atoms with Crippen LogP contribution in [0.5, 0.6) is 5.75 Å². The highest BCUT2D eigenvalue weighted by Gasteiger charge is 2.37. The van der Waals surface area contributed by atoms with Crippen LogP contribution in [0.4, 0.5) is 34.3 Å². The number of aromatic nitrogens is 2. The molecule has 0 bridgehead atoms. The summed E-state index contributed by atoms with van der Waals surface area (Å²) >= 11 is 0. The number of methoxy groups -OCH3 is 1.